The summed E-state index contributed by atoms with van der Waals surface area (Å²) in [5.41, 5.74) is 0.979. The number of ketones is 2. The molecule has 1 aromatic rings. The van der Waals surface area contributed by atoms with Gasteiger partial charge in [-0.15, -0.1) is 0 Å². The predicted molar refractivity (Wildman–Crippen MR) is 78.4 cm³/mol. The van der Waals surface area contributed by atoms with Crippen LogP contribution in [0.5, 0.6) is 0 Å². The zero-order chi connectivity index (χ0) is 14.8. The molecule has 19 heavy (non-hydrogen) atoms. The maximum Gasteiger partial charge on any atom is 0.168 e. The van der Waals surface area contributed by atoms with Crippen molar-refractivity contribution in [3.8, 4) is 0 Å². The fraction of sp³-hybridized carbons (Fsp3) is 0.529. The van der Waals surface area contributed by atoms with Crippen LogP contribution in [0.1, 0.15) is 57.5 Å². The van der Waals surface area contributed by atoms with Crippen LogP contribution < -0.4 is 0 Å². The van der Waals surface area contributed by atoms with Crippen LogP contribution in [0, 0.1) is 10.8 Å². The van der Waals surface area contributed by atoms with Crippen LogP contribution >= 0.6 is 0 Å². The van der Waals surface area contributed by atoms with Gasteiger partial charge in [-0.05, 0) is 5.56 Å². The summed E-state index contributed by atoms with van der Waals surface area (Å²) in [5.74, 6) is 0.337. The van der Waals surface area contributed by atoms with Crippen molar-refractivity contribution in [3.63, 3.8) is 0 Å². The third kappa shape index (κ3) is 4.30. The Morgan fingerprint density at radius 1 is 0.842 bits per heavy atom. The summed E-state index contributed by atoms with van der Waals surface area (Å²) in [6, 6.07) is 7.39. The molecule has 0 aromatic heterocycles. The predicted octanol–water partition coefficient (Wildman–Crippen LogP) is 4.07. The highest BCUT2D eigenvalue weighted by Gasteiger charge is 2.23. The van der Waals surface area contributed by atoms with Gasteiger partial charge in [-0.3, -0.25) is 9.59 Å². The highest BCUT2D eigenvalue weighted by Crippen LogP contribution is 2.22. The average molecular weight is 260 g/mol. The largest absolute Gasteiger partial charge is 0.299 e. The molecule has 104 valence electrons. The lowest BCUT2D eigenvalue weighted by Gasteiger charge is -2.18. The van der Waals surface area contributed by atoms with Crippen molar-refractivity contribution in [2.24, 2.45) is 10.8 Å². The lowest BCUT2D eigenvalue weighted by atomic mass is 9.85. The summed E-state index contributed by atoms with van der Waals surface area (Å²) in [6.45, 7) is 11.5. The van der Waals surface area contributed by atoms with Crippen molar-refractivity contribution in [1.82, 2.24) is 0 Å². The van der Waals surface area contributed by atoms with Crippen LogP contribution in [0.15, 0.2) is 24.3 Å². The minimum Gasteiger partial charge on any atom is -0.299 e. The lowest BCUT2D eigenvalue weighted by Crippen LogP contribution is -2.22. The summed E-state index contributed by atoms with van der Waals surface area (Å²) in [5, 5.41) is 0. The van der Waals surface area contributed by atoms with Crippen LogP contribution in [0.25, 0.3) is 0 Å². The van der Waals surface area contributed by atoms with Crippen molar-refractivity contribution in [2.75, 3.05) is 0 Å². The fourth-order valence-corrected chi connectivity index (χ4v) is 1.66. The molecule has 0 atom stereocenters. The summed E-state index contributed by atoms with van der Waals surface area (Å²) >= 11 is 0. The smallest absolute Gasteiger partial charge is 0.168 e. The number of carbonyl (C=O) groups excluding carboxylic acids is 2. The van der Waals surface area contributed by atoms with E-state index in [0.717, 1.165) is 5.56 Å². The highest BCUT2D eigenvalue weighted by molar-refractivity contribution is 5.99. The molecule has 1 rings (SSSR count). The molecule has 0 aliphatic rings. The van der Waals surface area contributed by atoms with E-state index in [1.165, 1.54) is 0 Å². The maximum atomic E-state index is 12.1. The number of hydrogen-bond donors (Lipinski definition) is 0. The number of carbonyl (C=O) groups is 2. The molecule has 2 heteroatoms. The standard InChI is InChI=1S/C17H24O2/c1-16(2,3)14(18)11-12-7-9-13(10-8-12)15(19)17(4,5)6/h7-10H,11H2,1-6H3. The summed E-state index contributed by atoms with van der Waals surface area (Å²) in [7, 11) is 0. The van der Waals surface area contributed by atoms with Gasteiger partial charge in [0.15, 0.2) is 5.78 Å². The maximum absolute atomic E-state index is 12.1. The SMILES string of the molecule is CC(C)(C)C(=O)Cc1ccc(C(=O)C(C)(C)C)cc1. The van der Waals surface area contributed by atoms with E-state index in [2.05, 4.69) is 0 Å². The molecule has 0 heterocycles. The van der Waals surface area contributed by atoms with E-state index in [4.69, 9.17) is 0 Å². The van der Waals surface area contributed by atoms with Gasteiger partial charge in [0.1, 0.15) is 5.78 Å². The third-order valence-electron chi connectivity index (χ3n) is 3.10. The van der Waals surface area contributed by atoms with Crippen LogP contribution in [0.2, 0.25) is 0 Å². The minimum absolute atomic E-state index is 0.126. The van der Waals surface area contributed by atoms with Crippen molar-refractivity contribution in [3.05, 3.63) is 35.4 Å². The Morgan fingerprint density at radius 2 is 1.32 bits per heavy atom. The van der Waals surface area contributed by atoms with E-state index in [0.29, 0.717) is 12.0 Å². The quantitative estimate of drug-likeness (QED) is 0.768. The molecular weight excluding hydrogens is 236 g/mol. The number of hydrogen-bond acceptors (Lipinski definition) is 2. The van der Waals surface area contributed by atoms with E-state index in [1.54, 1.807) is 0 Å². The fourth-order valence-electron chi connectivity index (χ4n) is 1.66. The van der Waals surface area contributed by atoms with Gasteiger partial charge in [0, 0.05) is 22.8 Å². The average Bonchev–Trinajstić information content (AvgIpc) is 2.26. The van der Waals surface area contributed by atoms with Crippen LogP contribution in [-0.4, -0.2) is 11.6 Å². The number of rotatable bonds is 3. The first-order chi connectivity index (χ1) is 8.51. The summed E-state index contributed by atoms with van der Waals surface area (Å²) in [4.78, 5) is 24.0. The van der Waals surface area contributed by atoms with Gasteiger partial charge < -0.3 is 0 Å². The number of Topliss-reactive ketones (excluding diaryl/α,β-unsaturated/α-hetero) is 2. The molecule has 0 saturated heterocycles. The van der Waals surface area contributed by atoms with Gasteiger partial charge in [-0.2, -0.15) is 0 Å². The van der Waals surface area contributed by atoms with E-state index in [1.807, 2.05) is 65.8 Å². The van der Waals surface area contributed by atoms with Gasteiger partial charge >= 0.3 is 0 Å². The zero-order valence-corrected chi connectivity index (χ0v) is 12.8. The van der Waals surface area contributed by atoms with E-state index < -0.39 is 0 Å². The molecule has 0 saturated carbocycles. The Balaban J connectivity index is 2.84. The van der Waals surface area contributed by atoms with Crippen molar-refractivity contribution < 1.29 is 9.59 Å². The molecule has 0 radical (unpaired) electrons. The van der Waals surface area contributed by atoms with Crippen LogP contribution in [0.3, 0.4) is 0 Å². The first-order valence-electron chi connectivity index (χ1n) is 6.69. The number of benzene rings is 1. The Kier molecular flexibility index (Phi) is 4.34. The van der Waals surface area contributed by atoms with Gasteiger partial charge in [0.2, 0.25) is 0 Å². The Labute approximate surface area is 116 Å². The summed E-state index contributed by atoms with van der Waals surface area (Å²) in [6.07, 6.45) is 0.424. The molecular formula is C17H24O2. The monoisotopic (exact) mass is 260 g/mol. The third-order valence-corrected chi connectivity index (χ3v) is 3.10. The van der Waals surface area contributed by atoms with Crippen LogP contribution in [-0.2, 0) is 11.2 Å². The first-order valence-corrected chi connectivity index (χ1v) is 6.69. The summed E-state index contributed by atoms with van der Waals surface area (Å²) < 4.78 is 0. The van der Waals surface area contributed by atoms with Crippen LogP contribution in [0.4, 0.5) is 0 Å². The van der Waals surface area contributed by atoms with Gasteiger partial charge in [-0.1, -0.05) is 65.8 Å². The Hall–Kier alpha value is -1.44. The molecule has 0 unspecified atom stereocenters. The zero-order valence-electron chi connectivity index (χ0n) is 12.8. The Bertz CT molecular complexity index is 467. The molecule has 1 aromatic carbocycles. The van der Waals surface area contributed by atoms with Gasteiger partial charge in [0.25, 0.3) is 0 Å². The molecule has 0 amide bonds. The molecule has 2 nitrogen and oxygen atoms in total. The topological polar surface area (TPSA) is 34.1 Å². The van der Waals surface area contributed by atoms with Crippen molar-refractivity contribution in [2.45, 2.75) is 48.0 Å². The molecule has 0 aliphatic carbocycles. The van der Waals surface area contributed by atoms with Crippen molar-refractivity contribution in [1.29, 1.82) is 0 Å². The first kappa shape index (κ1) is 15.6. The molecule has 0 bridgehead atoms. The van der Waals surface area contributed by atoms with Gasteiger partial charge in [0.05, 0.1) is 0 Å². The van der Waals surface area contributed by atoms with E-state index >= 15 is 0 Å². The molecule has 0 aliphatic heterocycles. The highest BCUT2D eigenvalue weighted by atomic mass is 16.1. The van der Waals surface area contributed by atoms with Crippen molar-refractivity contribution >= 4 is 11.6 Å². The molecule has 0 N–H and O–H groups in total. The second-order valence-corrected chi connectivity index (χ2v) is 7.13. The Morgan fingerprint density at radius 3 is 1.68 bits per heavy atom. The molecule has 0 fully saturated rings. The minimum atomic E-state index is -0.372. The van der Waals surface area contributed by atoms with Gasteiger partial charge in [-0.25, -0.2) is 0 Å². The van der Waals surface area contributed by atoms with E-state index in [9.17, 15) is 9.59 Å². The van der Waals surface area contributed by atoms with E-state index in [-0.39, 0.29) is 22.4 Å². The second kappa shape index (κ2) is 5.28. The normalized spacial score (nSPS) is 12.3. The molecule has 0 spiro atoms. The lowest BCUT2D eigenvalue weighted by molar-refractivity contribution is -0.125. The second-order valence-electron chi connectivity index (χ2n) is 7.13.